The van der Waals surface area contributed by atoms with Gasteiger partial charge in [0.2, 0.25) is 0 Å². The van der Waals surface area contributed by atoms with E-state index in [1.807, 2.05) is 43.0 Å². The van der Waals surface area contributed by atoms with Crippen molar-refractivity contribution in [3.05, 3.63) is 83.2 Å². The topological polar surface area (TPSA) is 67.4 Å². The number of aromatic nitrogens is 2. The van der Waals surface area contributed by atoms with Crippen molar-refractivity contribution in [2.45, 2.75) is 26.3 Å². The Morgan fingerprint density at radius 2 is 1.76 bits per heavy atom. The predicted octanol–water partition coefficient (Wildman–Crippen LogP) is 5.95. The molecule has 6 nitrogen and oxygen atoms in total. The molecule has 0 radical (unpaired) electrons. The second-order valence-electron chi connectivity index (χ2n) is 8.82. The molecule has 2 aromatic heterocycles. The Labute approximate surface area is 216 Å². The summed E-state index contributed by atoms with van der Waals surface area (Å²) < 4.78 is 63.5. The van der Waals surface area contributed by atoms with E-state index in [0.717, 1.165) is 11.8 Å². The first-order valence-electron chi connectivity index (χ1n) is 12.2. The maximum absolute atomic E-state index is 15.0. The smallest absolute Gasteiger partial charge is 0.255 e. The number of rotatable bonds is 6. The quantitative estimate of drug-likeness (QED) is 0.249. The minimum absolute atomic E-state index is 0.106. The van der Waals surface area contributed by atoms with Crippen molar-refractivity contribution < 1.29 is 27.1 Å². The number of hydrogen-bond acceptors (Lipinski definition) is 5. The van der Waals surface area contributed by atoms with Crippen LogP contribution in [0.1, 0.15) is 42.2 Å². The van der Waals surface area contributed by atoms with E-state index in [0.29, 0.717) is 49.7 Å². The third kappa shape index (κ3) is 4.40. The van der Waals surface area contributed by atoms with Crippen LogP contribution in [0.3, 0.4) is 0 Å². The molecule has 5 rings (SSSR count). The summed E-state index contributed by atoms with van der Waals surface area (Å²) in [4.78, 5) is 23.9. The van der Waals surface area contributed by atoms with E-state index in [9.17, 15) is 18.0 Å². The van der Waals surface area contributed by atoms with Crippen LogP contribution in [0.25, 0.3) is 22.2 Å². The zero-order valence-corrected chi connectivity index (χ0v) is 20.7. The highest BCUT2D eigenvalue weighted by Crippen LogP contribution is 2.38. The van der Waals surface area contributed by atoms with Gasteiger partial charge in [0, 0.05) is 42.9 Å². The Morgan fingerprint density at radius 3 is 2.53 bits per heavy atom. The van der Waals surface area contributed by atoms with Gasteiger partial charge in [0.05, 0.1) is 35.7 Å². The fourth-order valence-corrected chi connectivity index (χ4v) is 4.84. The fraction of sp³-hybridized carbons (Fsp3) is 0.250. The minimum Gasteiger partial charge on any atom is -0.493 e. The van der Waals surface area contributed by atoms with Gasteiger partial charge in [-0.25, -0.2) is 22.5 Å². The maximum Gasteiger partial charge on any atom is 0.255 e. The van der Waals surface area contributed by atoms with Crippen LogP contribution in [0, 0.1) is 23.3 Å². The first kappa shape index (κ1) is 25.4. The third-order valence-corrected chi connectivity index (χ3v) is 6.66. The summed E-state index contributed by atoms with van der Waals surface area (Å²) in [7, 11) is 0. The number of benzene rings is 2. The van der Waals surface area contributed by atoms with Gasteiger partial charge in [-0.3, -0.25) is 9.78 Å². The Hall–Kier alpha value is -4.21. The molecule has 1 atom stereocenters. The summed E-state index contributed by atoms with van der Waals surface area (Å²) >= 11 is 0. The largest absolute Gasteiger partial charge is 0.493 e. The lowest BCUT2D eigenvalue weighted by molar-refractivity contribution is 0.0925. The molecular formula is C28H24F4N4O2. The van der Waals surface area contributed by atoms with Gasteiger partial charge in [0.15, 0.2) is 17.5 Å². The standard InChI is InChI=1S/C28H24F4N4O2/c1-3-36(4-2)27-18(28(37)35-21-9-10-38-22-8-6-5-7-16(21)22)13-33-25-23(20(31)14-34-26(25)27)17-11-15(29)12-19(30)24(17)32/h5-8,11-14,21H,3-4,9-10H2,1-2H3,(H,35,37)/t21-/m0/s1. The molecule has 38 heavy (non-hydrogen) atoms. The molecule has 1 N–H and O–H groups in total. The third-order valence-electron chi connectivity index (χ3n) is 6.66. The van der Waals surface area contributed by atoms with Crippen molar-refractivity contribution in [1.82, 2.24) is 15.3 Å². The van der Waals surface area contributed by atoms with Crippen molar-refractivity contribution in [1.29, 1.82) is 0 Å². The van der Waals surface area contributed by atoms with Gasteiger partial charge in [-0.05, 0) is 26.0 Å². The first-order chi connectivity index (χ1) is 18.3. The zero-order valence-electron chi connectivity index (χ0n) is 20.7. The van der Waals surface area contributed by atoms with Crippen molar-refractivity contribution in [3.8, 4) is 16.9 Å². The van der Waals surface area contributed by atoms with E-state index in [2.05, 4.69) is 15.3 Å². The Kier molecular flexibility index (Phi) is 6.88. The number of fused-ring (bicyclic) bond motifs is 2. The molecule has 1 amide bonds. The molecule has 0 spiro atoms. The van der Waals surface area contributed by atoms with Crippen LogP contribution in [-0.2, 0) is 0 Å². The molecule has 3 heterocycles. The summed E-state index contributed by atoms with van der Waals surface area (Å²) in [6.07, 6.45) is 2.65. The van der Waals surface area contributed by atoms with Crippen molar-refractivity contribution in [3.63, 3.8) is 0 Å². The molecule has 2 aromatic carbocycles. The number of ether oxygens (including phenoxy) is 1. The Balaban J connectivity index is 1.67. The highest BCUT2D eigenvalue weighted by molar-refractivity contribution is 6.08. The lowest BCUT2D eigenvalue weighted by atomic mass is 9.99. The summed E-state index contributed by atoms with van der Waals surface area (Å²) in [5.41, 5.74) is 0.304. The molecule has 196 valence electrons. The van der Waals surface area contributed by atoms with Gasteiger partial charge >= 0.3 is 0 Å². The van der Waals surface area contributed by atoms with Crippen LogP contribution < -0.4 is 15.0 Å². The molecule has 0 aliphatic carbocycles. The summed E-state index contributed by atoms with van der Waals surface area (Å²) in [5.74, 6) is -4.69. The molecule has 0 unspecified atom stereocenters. The van der Waals surface area contributed by atoms with Gasteiger partial charge in [0.1, 0.15) is 22.6 Å². The SMILES string of the molecule is CCN(CC)c1c(C(=O)N[C@H]2CCOc3ccccc32)cnc2c(-c3cc(F)cc(F)c3F)c(F)cnc12. The van der Waals surface area contributed by atoms with E-state index in [-0.39, 0.29) is 22.6 Å². The van der Waals surface area contributed by atoms with Gasteiger partial charge in [-0.2, -0.15) is 0 Å². The molecule has 0 bridgehead atoms. The first-order valence-corrected chi connectivity index (χ1v) is 12.2. The van der Waals surface area contributed by atoms with E-state index >= 15 is 4.39 Å². The van der Waals surface area contributed by atoms with Crippen LogP contribution >= 0.6 is 0 Å². The van der Waals surface area contributed by atoms with E-state index in [1.165, 1.54) is 6.20 Å². The molecule has 0 saturated carbocycles. The molecule has 4 aromatic rings. The highest BCUT2D eigenvalue weighted by Gasteiger charge is 2.28. The monoisotopic (exact) mass is 524 g/mol. The summed E-state index contributed by atoms with van der Waals surface area (Å²) in [5, 5.41) is 3.03. The number of carbonyl (C=O) groups excluding carboxylic acids is 1. The average molecular weight is 525 g/mol. The number of nitrogens with one attached hydrogen (secondary N) is 1. The molecule has 0 saturated heterocycles. The number of nitrogens with zero attached hydrogens (tertiary/aromatic N) is 3. The summed E-state index contributed by atoms with van der Waals surface area (Å²) in [6.45, 7) is 5.11. The number of halogens is 4. The van der Waals surface area contributed by atoms with Gasteiger partial charge in [-0.1, -0.05) is 18.2 Å². The van der Waals surface area contributed by atoms with Crippen LogP contribution in [0.2, 0.25) is 0 Å². The molecule has 1 aliphatic rings. The van der Waals surface area contributed by atoms with Gasteiger partial charge < -0.3 is 15.0 Å². The number of pyridine rings is 2. The molecule has 10 heteroatoms. The Bertz CT molecular complexity index is 1540. The molecule has 0 fully saturated rings. The zero-order chi connectivity index (χ0) is 27.0. The highest BCUT2D eigenvalue weighted by atomic mass is 19.2. The lowest BCUT2D eigenvalue weighted by Crippen LogP contribution is -2.34. The fourth-order valence-electron chi connectivity index (χ4n) is 4.84. The minimum atomic E-state index is -1.46. The number of anilines is 1. The number of para-hydroxylation sites is 1. The lowest BCUT2D eigenvalue weighted by Gasteiger charge is -2.28. The predicted molar refractivity (Wildman–Crippen MR) is 135 cm³/mol. The van der Waals surface area contributed by atoms with Gasteiger partial charge in [0.25, 0.3) is 5.91 Å². The normalized spacial score (nSPS) is 14.6. The molecular weight excluding hydrogens is 500 g/mol. The van der Waals surface area contributed by atoms with Crippen molar-refractivity contribution >= 4 is 22.6 Å². The average Bonchev–Trinajstić information content (AvgIpc) is 2.91. The number of amides is 1. The second-order valence-corrected chi connectivity index (χ2v) is 8.82. The second kappa shape index (κ2) is 10.3. The number of hydrogen-bond donors (Lipinski definition) is 1. The number of carbonyl (C=O) groups is 1. The van der Waals surface area contributed by atoms with E-state index < -0.39 is 40.3 Å². The Morgan fingerprint density at radius 1 is 1.03 bits per heavy atom. The van der Waals surface area contributed by atoms with E-state index in [4.69, 9.17) is 4.74 Å². The van der Waals surface area contributed by atoms with Crippen molar-refractivity contribution in [2.75, 3.05) is 24.6 Å². The van der Waals surface area contributed by atoms with Crippen molar-refractivity contribution in [2.24, 2.45) is 0 Å². The van der Waals surface area contributed by atoms with Gasteiger partial charge in [-0.15, -0.1) is 0 Å². The van der Waals surface area contributed by atoms with Crippen LogP contribution in [-0.4, -0.2) is 35.6 Å². The van der Waals surface area contributed by atoms with Crippen LogP contribution in [0.15, 0.2) is 48.8 Å². The molecule has 1 aliphatic heterocycles. The maximum atomic E-state index is 15.0. The van der Waals surface area contributed by atoms with Crippen LogP contribution in [0.5, 0.6) is 5.75 Å². The van der Waals surface area contributed by atoms with Crippen LogP contribution in [0.4, 0.5) is 23.2 Å². The summed E-state index contributed by atoms with van der Waals surface area (Å²) in [6, 6.07) is 8.20. The van der Waals surface area contributed by atoms with E-state index in [1.54, 1.807) is 0 Å².